The zero-order valence-corrected chi connectivity index (χ0v) is 9.52. The zero-order chi connectivity index (χ0) is 12.1. The predicted octanol–water partition coefficient (Wildman–Crippen LogP) is 2.71. The molecular weight excluding hydrogens is 236 g/mol. The maximum Gasteiger partial charge on any atom is 0.251 e. The van der Waals surface area contributed by atoms with Crippen molar-refractivity contribution in [3.8, 4) is 0 Å². The third kappa shape index (κ3) is 3.45. The lowest BCUT2D eigenvalue weighted by Crippen LogP contribution is -2.29. The summed E-state index contributed by atoms with van der Waals surface area (Å²) >= 11 is 5.80. The van der Waals surface area contributed by atoms with Crippen molar-refractivity contribution >= 4 is 17.5 Å². The lowest BCUT2D eigenvalue weighted by atomic mass is 10.2. The molecule has 0 spiro atoms. The van der Waals surface area contributed by atoms with Gasteiger partial charge in [-0.3, -0.25) is 4.79 Å². The first-order valence-electron chi connectivity index (χ1n) is 4.92. The van der Waals surface area contributed by atoms with Crippen LogP contribution in [0, 0.1) is 11.6 Å². The summed E-state index contributed by atoms with van der Waals surface area (Å²) in [5.41, 5.74) is 0.0823. The van der Waals surface area contributed by atoms with Gasteiger partial charge in [0.25, 0.3) is 5.91 Å². The molecule has 5 heteroatoms. The number of nitrogens with one attached hydrogen (secondary N) is 1. The highest BCUT2D eigenvalue weighted by Crippen LogP contribution is 2.08. The molecule has 0 aromatic heterocycles. The van der Waals surface area contributed by atoms with Gasteiger partial charge in [0.1, 0.15) is 0 Å². The van der Waals surface area contributed by atoms with Gasteiger partial charge >= 0.3 is 0 Å². The van der Waals surface area contributed by atoms with Crippen LogP contribution in [0.15, 0.2) is 18.2 Å². The molecule has 1 aromatic carbocycles. The van der Waals surface area contributed by atoms with E-state index >= 15 is 0 Å². The number of alkyl halides is 1. The van der Waals surface area contributed by atoms with Crippen molar-refractivity contribution in [1.29, 1.82) is 0 Å². The summed E-state index contributed by atoms with van der Waals surface area (Å²) in [6, 6.07) is 3.00. The maximum atomic E-state index is 12.8. The molecule has 2 nitrogen and oxygen atoms in total. The highest BCUT2D eigenvalue weighted by Gasteiger charge is 2.10. The Morgan fingerprint density at radius 3 is 2.69 bits per heavy atom. The van der Waals surface area contributed by atoms with Crippen molar-refractivity contribution < 1.29 is 13.6 Å². The van der Waals surface area contributed by atoms with Crippen LogP contribution in [0.3, 0.4) is 0 Å². The summed E-state index contributed by atoms with van der Waals surface area (Å²) < 4.78 is 25.4. The highest BCUT2D eigenvalue weighted by atomic mass is 35.5. The quantitative estimate of drug-likeness (QED) is 0.815. The van der Waals surface area contributed by atoms with Crippen molar-refractivity contribution in [2.24, 2.45) is 0 Å². The first-order chi connectivity index (χ1) is 7.54. The minimum Gasteiger partial charge on any atom is -0.351 e. The average molecular weight is 248 g/mol. The van der Waals surface area contributed by atoms with Crippen LogP contribution >= 0.6 is 11.6 Å². The molecule has 0 aliphatic carbocycles. The minimum absolute atomic E-state index is 0.0823. The molecule has 16 heavy (non-hydrogen) atoms. The van der Waals surface area contributed by atoms with Gasteiger partial charge in [0.2, 0.25) is 0 Å². The number of hydrogen-bond donors (Lipinski definition) is 1. The van der Waals surface area contributed by atoms with Crippen LogP contribution in [0.1, 0.15) is 23.7 Å². The third-order valence-electron chi connectivity index (χ3n) is 2.11. The smallest absolute Gasteiger partial charge is 0.251 e. The van der Waals surface area contributed by atoms with E-state index in [4.69, 9.17) is 11.6 Å². The first-order valence-corrected chi connectivity index (χ1v) is 5.35. The van der Waals surface area contributed by atoms with Crippen LogP contribution in [-0.2, 0) is 0 Å². The number of benzene rings is 1. The van der Waals surface area contributed by atoms with Gasteiger partial charge in [-0.1, -0.05) is 6.92 Å². The third-order valence-corrected chi connectivity index (χ3v) is 2.57. The molecule has 1 atom stereocenters. The maximum absolute atomic E-state index is 12.8. The van der Waals surface area contributed by atoms with Gasteiger partial charge in [-0.2, -0.15) is 0 Å². The zero-order valence-electron chi connectivity index (χ0n) is 8.77. The Labute approximate surface area is 97.6 Å². The van der Waals surface area contributed by atoms with Gasteiger partial charge < -0.3 is 5.32 Å². The normalized spacial score (nSPS) is 12.2. The summed E-state index contributed by atoms with van der Waals surface area (Å²) in [4.78, 5) is 11.5. The Morgan fingerprint density at radius 2 is 2.12 bits per heavy atom. The van der Waals surface area contributed by atoms with Gasteiger partial charge in [0.05, 0.1) is 5.38 Å². The lowest BCUT2D eigenvalue weighted by molar-refractivity contribution is 0.0953. The summed E-state index contributed by atoms with van der Waals surface area (Å²) in [7, 11) is 0. The van der Waals surface area contributed by atoms with Crippen LogP contribution in [0.25, 0.3) is 0 Å². The van der Waals surface area contributed by atoms with Crippen molar-refractivity contribution in [2.75, 3.05) is 6.54 Å². The SMILES string of the molecule is CCC(Cl)CNC(=O)c1ccc(F)c(F)c1. The molecular formula is C11H12ClF2NO. The topological polar surface area (TPSA) is 29.1 Å². The second-order valence-electron chi connectivity index (χ2n) is 3.34. The van der Waals surface area contributed by atoms with Gasteiger partial charge in [0.15, 0.2) is 11.6 Å². The van der Waals surface area contributed by atoms with Crippen molar-refractivity contribution in [3.05, 3.63) is 35.4 Å². The fourth-order valence-electron chi connectivity index (χ4n) is 1.09. The fraction of sp³-hybridized carbons (Fsp3) is 0.364. The van der Waals surface area contributed by atoms with Crippen molar-refractivity contribution in [1.82, 2.24) is 5.32 Å². The number of carbonyl (C=O) groups excluding carboxylic acids is 1. The van der Waals surface area contributed by atoms with Crippen molar-refractivity contribution in [3.63, 3.8) is 0 Å². The number of hydrogen-bond acceptors (Lipinski definition) is 1. The van der Waals surface area contributed by atoms with Crippen LogP contribution in [0.4, 0.5) is 8.78 Å². The Morgan fingerprint density at radius 1 is 1.44 bits per heavy atom. The van der Waals surface area contributed by atoms with E-state index < -0.39 is 17.5 Å². The Hall–Kier alpha value is -1.16. The highest BCUT2D eigenvalue weighted by molar-refractivity contribution is 6.20. The Bertz CT molecular complexity index is 384. The lowest BCUT2D eigenvalue weighted by Gasteiger charge is -2.08. The predicted molar refractivity (Wildman–Crippen MR) is 58.6 cm³/mol. The van der Waals surface area contributed by atoms with E-state index in [0.29, 0.717) is 6.54 Å². The van der Waals surface area contributed by atoms with E-state index in [1.807, 2.05) is 6.92 Å². The Kier molecular flexibility index (Phi) is 4.68. The Balaban J connectivity index is 2.63. The summed E-state index contributed by atoms with van der Waals surface area (Å²) in [5.74, 6) is -2.47. The molecule has 1 aromatic rings. The molecule has 1 N–H and O–H groups in total. The molecule has 0 bridgehead atoms. The number of amides is 1. The van der Waals surface area contributed by atoms with Gasteiger partial charge in [-0.25, -0.2) is 8.78 Å². The molecule has 0 saturated carbocycles. The van der Waals surface area contributed by atoms with Gasteiger partial charge in [0, 0.05) is 12.1 Å². The molecule has 0 saturated heterocycles. The molecule has 1 rings (SSSR count). The molecule has 0 aliphatic rings. The molecule has 1 amide bonds. The molecule has 88 valence electrons. The molecule has 0 fully saturated rings. The summed E-state index contributed by atoms with van der Waals surface area (Å²) in [6.07, 6.45) is 0.722. The second kappa shape index (κ2) is 5.80. The van der Waals surface area contributed by atoms with Gasteiger partial charge in [-0.05, 0) is 24.6 Å². The number of rotatable bonds is 4. The molecule has 0 aliphatic heterocycles. The van der Waals surface area contributed by atoms with E-state index in [1.165, 1.54) is 6.07 Å². The van der Waals surface area contributed by atoms with E-state index in [0.717, 1.165) is 18.6 Å². The number of carbonyl (C=O) groups is 1. The van der Waals surface area contributed by atoms with Crippen LogP contribution in [0.5, 0.6) is 0 Å². The van der Waals surface area contributed by atoms with Crippen molar-refractivity contribution in [2.45, 2.75) is 18.7 Å². The van der Waals surface area contributed by atoms with E-state index in [9.17, 15) is 13.6 Å². The standard InChI is InChI=1S/C11H12ClF2NO/c1-2-8(12)6-15-11(16)7-3-4-9(13)10(14)5-7/h3-5,8H,2,6H2,1H3,(H,15,16). The van der Waals surface area contributed by atoms with Gasteiger partial charge in [-0.15, -0.1) is 11.6 Å². The van der Waals surface area contributed by atoms with E-state index in [1.54, 1.807) is 0 Å². The second-order valence-corrected chi connectivity index (χ2v) is 3.96. The molecule has 1 unspecified atom stereocenters. The first kappa shape index (κ1) is 12.9. The van der Waals surface area contributed by atoms with E-state index in [2.05, 4.69) is 5.32 Å². The monoisotopic (exact) mass is 247 g/mol. The van der Waals surface area contributed by atoms with Crippen LogP contribution < -0.4 is 5.32 Å². The van der Waals surface area contributed by atoms with Crippen LogP contribution in [-0.4, -0.2) is 17.8 Å². The minimum atomic E-state index is -1.04. The van der Waals surface area contributed by atoms with E-state index in [-0.39, 0.29) is 10.9 Å². The summed E-state index contributed by atoms with van der Waals surface area (Å²) in [6.45, 7) is 2.19. The fourth-order valence-corrected chi connectivity index (χ4v) is 1.16. The molecule has 0 heterocycles. The van der Waals surface area contributed by atoms with Crippen LogP contribution in [0.2, 0.25) is 0 Å². The summed E-state index contributed by atoms with van der Waals surface area (Å²) in [5, 5.41) is 2.38. The molecule has 0 radical (unpaired) electrons. The number of halogens is 3. The average Bonchev–Trinajstić information content (AvgIpc) is 2.29. The largest absolute Gasteiger partial charge is 0.351 e.